The zero-order chi connectivity index (χ0) is 9.26. The van der Waals surface area contributed by atoms with E-state index < -0.39 is 0 Å². The van der Waals surface area contributed by atoms with E-state index in [0.717, 1.165) is 12.8 Å². The minimum Gasteiger partial charge on any atom is -0.358 e. The second-order valence-corrected chi connectivity index (χ2v) is 3.44. The standard InChI is InChI=1S/C13H15.2CH3.Hf/c1-3-10-8-9-11(4-2)13-7-5-6-12(10)13;;;/h5-9H,3-4H2,1-2H3;2*1H3;/q3*-1;. The van der Waals surface area contributed by atoms with Crippen LogP contribution in [0.3, 0.4) is 0 Å². The normalized spacial score (nSPS) is 8.88. The second-order valence-electron chi connectivity index (χ2n) is 3.44. The van der Waals surface area contributed by atoms with Gasteiger partial charge in [-0.1, -0.05) is 31.9 Å². The predicted octanol–water partition coefficient (Wildman–Crippen LogP) is 4.58. The van der Waals surface area contributed by atoms with Crippen LogP contribution in [0, 0.1) is 14.9 Å². The van der Waals surface area contributed by atoms with Gasteiger partial charge in [0, 0.05) is 25.8 Å². The molecule has 0 heterocycles. The Morgan fingerprint density at radius 1 is 0.938 bits per heavy atom. The van der Waals surface area contributed by atoms with E-state index in [1.54, 1.807) is 0 Å². The summed E-state index contributed by atoms with van der Waals surface area (Å²) in [5.74, 6) is 0. The maximum atomic E-state index is 2.27. The molecule has 0 amide bonds. The smallest absolute Gasteiger partial charge is 0 e. The van der Waals surface area contributed by atoms with Crippen molar-refractivity contribution in [1.29, 1.82) is 0 Å². The van der Waals surface area contributed by atoms with Crippen molar-refractivity contribution in [2.24, 2.45) is 0 Å². The second kappa shape index (κ2) is 7.89. The Bertz CT molecular complexity index is 374. The van der Waals surface area contributed by atoms with Gasteiger partial charge in [-0.15, -0.1) is 28.5 Å². The van der Waals surface area contributed by atoms with Crippen LogP contribution in [-0.4, -0.2) is 0 Å². The van der Waals surface area contributed by atoms with E-state index in [1.807, 2.05) is 0 Å². The number of aryl methyl sites for hydroxylation is 2. The molecule has 1 heteroatoms. The number of benzene rings is 1. The molecule has 0 atom stereocenters. The van der Waals surface area contributed by atoms with Gasteiger partial charge in [0.15, 0.2) is 0 Å². The Labute approximate surface area is 119 Å². The molecule has 0 unspecified atom stereocenters. The van der Waals surface area contributed by atoms with Crippen LogP contribution >= 0.6 is 0 Å². The van der Waals surface area contributed by atoms with E-state index in [2.05, 4.69) is 44.2 Å². The Morgan fingerprint density at radius 2 is 1.50 bits per heavy atom. The van der Waals surface area contributed by atoms with Gasteiger partial charge in [0.25, 0.3) is 0 Å². The Morgan fingerprint density at radius 3 is 2.06 bits per heavy atom. The van der Waals surface area contributed by atoms with Crippen LogP contribution in [0.4, 0.5) is 0 Å². The molecular weight excluding hydrogens is 359 g/mol. The third-order valence-electron chi connectivity index (χ3n) is 2.76. The monoisotopic (exact) mass is 381 g/mol. The molecule has 2 rings (SSSR count). The van der Waals surface area contributed by atoms with E-state index in [9.17, 15) is 0 Å². The minimum absolute atomic E-state index is 0. The molecule has 0 fully saturated rings. The molecule has 0 spiro atoms. The van der Waals surface area contributed by atoms with Crippen molar-refractivity contribution in [3.05, 3.63) is 56.3 Å². The molecule has 0 aliphatic rings. The fraction of sp³-hybridized carbons (Fsp3) is 0.267. The molecule has 88 valence electrons. The van der Waals surface area contributed by atoms with Crippen LogP contribution in [0.15, 0.2) is 30.3 Å². The van der Waals surface area contributed by atoms with Gasteiger partial charge in [0.1, 0.15) is 0 Å². The van der Waals surface area contributed by atoms with E-state index >= 15 is 0 Å². The zero-order valence-electron chi connectivity index (χ0n) is 10.8. The van der Waals surface area contributed by atoms with Crippen molar-refractivity contribution in [1.82, 2.24) is 0 Å². The molecular formula is C15H21Hf-3. The summed E-state index contributed by atoms with van der Waals surface area (Å²) in [4.78, 5) is 0. The molecule has 0 saturated carbocycles. The number of fused-ring (bicyclic) bond motifs is 1. The van der Waals surface area contributed by atoms with Gasteiger partial charge in [-0.2, -0.15) is 12.1 Å². The first-order chi connectivity index (χ1) is 6.36. The van der Waals surface area contributed by atoms with Crippen LogP contribution in [0.25, 0.3) is 10.8 Å². The average molecular weight is 380 g/mol. The van der Waals surface area contributed by atoms with Crippen molar-refractivity contribution in [3.63, 3.8) is 0 Å². The molecule has 2 aromatic carbocycles. The van der Waals surface area contributed by atoms with Crippen molar-refractivity contribution in [3.8, 4) is 0 Å². The van der Waals surface area contributed by atoms with Crippen molar-refractivity contribution in [2.45, 2.75) is 26.7 Å². The van der Waals surface area contributed by atoms with E-state index in [-0.39, 0.29) is 40.7 Å². The Balaban J connectivity index is 0. The number of hydrogen-bond acceptors (Lipinski definition) is 0. The summed E-state index contributed by atoms with van der Waals surface area (Å²) in [6.07, 6.45) is 2.26. The first kappa shape index (κ1) is 18.1. The molecule has 2 aromatic rings. The molecule has 0 bridgehead atoms. The maximum Gasteiger partial charge on any atom is 0 e. The van der Waals surface area contributed by atoms with Crippen molar-refractivity contribution < 1.29 is 25.8 Å². The summed E-state index contributed by atoms with van der Waals surface area (Å²) in [5.41, 5.74) is 2.94. The van der Waals surface area contributed by atoms with Crippen LogP contribution in [0.2, 0.25) is 0 Å². The van der Waals surface area contributed by atoms with Gasteiger partial charge in [-0.25, -0.2) is 0 Å². The first-order valence-corrected chi connectivity index (χ1v) is 5.03. The SMILES string of the molecule is CCc1ccc(CC)c2[cH-]ccc12.[CH3-].[CH3-].[Hf]. The molecule has 0 radical (unpaired) electrons. The zero-order valence-corrected chi connectivity index (χ0v) is 14.4. The maximum absolute atomic E-state index is 2.27. The molecule has 16 heavy (non-hydrogen) atoms. The molecule has 0 saturated heterocycles. The fourth-order valence-corrected chi connectivity index (χ4v) is 1.98. The summed E-state index contributed by atoms with van der Waals surface area (Å²) >= 11 is 0. The van der Waals surface area contributed by atoms with Gasteiger partial charge < -0.3 is 14.9 Å². The Kier molecular flexibility index (Phi) is 8.91. The molecule has 0 N–H and O–H groups in total. The van der Waals surface area contributed by atoms with E-state index in [0.29, 0.717) is 0 Å². The quantitative estimate of drug-likeness (QED) is 0.529. The average Bonchev–Trinajstić information content (AvgIpc) is 2.64. The van der Waals surface area contributed by atoms with Crippen LogP contribution in [0.1, 0.15) is 25.0 Å². The van der Waals surface area contributed by atoms with Crippen LogP contribution in [-0.2, 0) is 38.7 Å². The molecule has 0 nitrogen and oxygen atoms in total. The first-order valence-electron chi connectivity index (χ1n) is 5.03. The summed E-state index contributed by atoms with van der Waals surface area (Å²) in [7, 11) is 0. The van der Waals surface area contributed by atoms with Gasteiger partial charge in [0.05, 0.1) is 0 Å². The predicted molar refractivity (Wildman–Crippen MR) is 71.1 cm³/mol. The summed E-state index contributed by atoms with van der Waals surface area (Å²) in [5, 5.41) is 2.89. The van der Waals surface area contributed by atoms with Crippen molar-refractivity contribution >= 4 is 10.8 Å². The third-order valence-corrected chi connectivity index (χ3v) is 2.76. The Hall–Kier alpha value is -0.300. The van der Waals surface area contributed by atoms with E-state index in [1.165, 1.54) is 21.9 Å². The largest absolute Gasteiger partial charge is 0.358 e. The number of rotatable bonds is 2. The minimum atomic E-state index is 0. The number of hydrogen-bond donors (Lipinski definition) is 0. The molecule has 0 aliphatic carbocycles. The van der Waals surface area contributed by atoms with Gasteiger partial charge in [-0.3, -0.25) is 0 Å². The molecule has 0 aliphatic heterocycles. The van der Waals surface area contributed by atoms with Crippen LogP contribution < -0.4 is 0 Å². The summed E-state index contributed by atoms with van der Waals surface area (Å²) in [6.45, 7) is 4.43. The van der Waals surface area contributed by atoms with E-state index in [4.69, 9.17) is 0 Å². The fourth-order valence-electron chi connectivity index (χ4n) is 1.98. The summed E-state index contributed by atoms with van der Waals surface area (Å²) < 4.78 is 0. The van der Waals surface area contributed by atoms with Gasteiger partial charge in [0.2, 0.25) is 0 Å². The summed E-state index contributed by atoms with van der Waals surface area (Å²) in [6, 6.07) is 11.1. The topological polar surface area (TPSA) is 0 Å². The van der Waals surface area contributed by atoms with Crippen LogP contribution in [0.5, 0.6) is 0 Å². The van der Waals surface area contributed by atoms with Gasteiger partial charge >= 0.3 is 0 Å². The van der Waals surface area contributed by atoms with Gasteiger partial charge in [-0.05, 0) is 6.42 Å². The van der Waals surface area contributed by atoms with Crippen molar-refractivity contribution in [2.75, 3.05) is 0 Å². The third kappa shape index (κ3) is 3.10. The molecule has 0 aromatic heterocycles.